The van der Waals surface area contributed by atoms with Gasteiger partial charge >= 0.3 is 0 Å². The Bertz CT molecular complexity index is 1240. The number of fused-ring (bicyclic) bond motifs is 1. The summed E-state index contributed by atoms with van der Waals surface area (Å²) in [6.07, 6.45) is 0.327. The van der Waals surface area contributed by atoms with Gasteiger partial charge in [0.05, 0.1) is 23.2 Å². The van der Waals surface area contributed by atoms with Crippen LogP contribution in [0.4, 0.5) is 4.39 Å². The first-order valence-electron chi connectivity index (χ1n) is 8.10. The van der Waals surface area contributed by atoms with Gasteiger partial charge in [0.25, 0.3) is 10.2 Å². The lowest BCUT2D eigenvalue weighted by molar-refractivity contribution is 0.451. The van der Waals surface area contributed by atoms with Crippen molar-refractivity contribution in [3.8, 4) is 11.1 Å². The van der Waals surface area contributed by atoms with Crippen LogP contribution in [0.25, 0.3) is 21.3 Å². The zero-order valence-electron chi connectivity index (χ0n) is 14.3. The van der Waals surface area contributed by atoms with Crippen molar-refractivity contribution >= 4 is 31.8 Å². The normalized spacial score (nSPS) is 11.9. The van der Waals surface area contributed by atoms with Gasteiger partial charge in [-0.2, -0.15) is 13.1 Å². The molecule has 2 heterocycles. The molecule has 2 aromatic heterocycles. The third-order valence-corrected chi connectivity index (χ3v) is 5.41. The van der Waals surface area contributed by atoms with Gasteiger partial charge in [0, 0.05) is 0 Å². The standard InChI is InChI=1S/C17H14FN5O3S2/c18-12-4-1-10(2-5-12)11-3-6-13-14(7-11)27-17(21-13)8-15-22-23-16(26-15)9-20-28(19,24)25/h1-7,20H,8-9H2,(H2,19,24,25). The van der Waals surface area contributed by atoms with Gasteiger partial charge in [0.2, 0.25) is 11.8 Å². The maximum Gasteiger partial charge on any atom is 0.274 e. The number of hydrogen-bond acceptors (Lipinski definition) is 7. The largest absolute Gasteiger partial charge is 0.423 e. The molecule has 4 rings (SSSR count). The van der Waals surface area contributed by atoms with Gasteiger partial charge in [0.15, 0.2) is 0 Å². The van der Waals surface area contributed by atoms with Crippen molar-refractivity contribution in [3.05, 3.63) is 65.1 Å². The highest BCUT2D eigenvalue weighted by Crippen LogP contribution is 2.29. The van der Waals surface area contributed by atoms with Crippen LogP contribution in [0, 0.1) is 5.82 Å². The molecule has 0 fully saturated rings. The molecule has 2 aromatic carbocycles. The third-order valence-electron chi connectivity index (χ3n) is 3.85. The summed E-state index contributed by atoms with van der Waals surface area (Å²) in [6.45, 7) is -0.174. The van der Waals surface area contributed by atoms with Crippen molar-refractivity contribution in [2.75, 3.05) is 0 Å². The predicted molar refractivity (Wildman–Crippen MR) is 102 cm³/mol. The SMILES string of the molecule is NS(=O)(=O)NCc1nnc(Cc2nc3ccc(-c4ccc(F)cc4)cc3s2)o1. The van der Waals surface area contributed by atoms with E-state index in [9.17, 15) is 12.8 Å². The number of halogens is 1. The highest BCUT2D eigenvalue weighted by atomic mass is 32.2. The highest BCUT2D eigenvalue weighted by molar-refractivity contribution is 7.87. The van der Waals surface area contributed by atoms with Crippen LogP contribution < -0.4 is 9.86 Å². The molecule has 11 heteroatoms. The van der Waals surface area contributed by atoms with Crippen LogP contribution in [-0.4, -0.2) is 23.6 Å². The zero-order valence-corrected chi connectivity index (χ0v) is 15.9. The molecule has 28 heavy (non-hydrogen) atoms. The van der Waals surface area contributed by atoms with Gasteiger partial charge in [-0.3, -0.25) is 0 Å². The van der Waals surface area contributed by atoms with Crippen LogP contribution in [0.3, 0.4) is 0 Å². The number of nitrogens with one attached hydrogen (secondary N) is 1. The minimum atomic E-state index is -3.83. The second-order valence-electron chi connectivity index (χ2n) is 5.93. The van der Waals surface area contributed by atoms with E-state index in [4.69, 9.17) is 9.56 Å². The Morgan fingerprint density at radius 2 is 1.79 bits per heavy atom. The Hall–Kier alpha value is -2.73. The Morgan fingerprint density at radius 1 is 1.07 bits per heavy atom. The lowest BCUT2D eigenvalue weighted by Crippen LogP contribution is -2.30. The van der Waals surface area contributed by atoms with E-state index in [2.05, 4.69) is 19.9 Å². The molecule has 0 bridgehead atoms. The molecule has 0 saturated carbocycles. The molecule has 0 atom stereocenters. The van der Waals surface area contributed by atoms with Crippen LogP contribution in [0.1, 0.15) is 16.8 Å². The van der Waals surface area contributed by atoms with Crippen molar-refractivity contribution in [2.45, 2.75) is 13.0 Å². The average molecular weight is 419 g/mol. The van der Waals surface area contributed by atoms with E-state index in [-0.39, 0.29) is 18.3 Å². The number of nitrogens with zero attached hydrogens (tertiary/aromatic N) is 3. The molecule has 0 aliphatic heterocycles. The van der Waals surface area contributed by atoms with Gasteiger partial charge in [-0.05, 0) is 35.4 Å². The molecule has 3 N–H and O–H groups in total. The molecule has 0 saturated heterocycles. The fourth-order valence-corrected chi connectivity index (χ4v) is 3.92. The van der Waals surface area contributed by atoms with E-state index in [1.54, 1.807) is 12.1 Å². The van der Waals surface area contributed by atoms with Gasteiger partial charge in [-0.1, -0.05) is 18.2 Å². The minimum absolute atomic E-state index is 0.115. The van der Waals surface area contributed by atoms with Crippen molar-refractivity contribution in [1.29, 1.82) is 0 Å². The maximum absolute atomic E-state index is 13.1. The fraction of sp³-hybridized carbons (Fsp3) is 0.118. The van der Waals surface area contributed by atoms with Gasteiger partial charge in [-0.15, -0.1) is 21.5 Å². The summed E-state index contributed by atoms with van der Waals surface area (Å²) in [6, 6.07) is 12.2. The third kappa shape index (κ3) is 4.39. The zero-order chi connectivity index (χ0) is 19.7. The van der Waals surface area contributed by atoms with Crippen LogP contribution in [0.2, 0.25) is 0 Å². The summed E-state index contributed by atoms with van der Waals surface area (Å²) in [4.78, 5) is 4.55. The predicted octanol–water partition coefficient (Wildman–Crippen LogP) is 2.37. The number of rotatable bonds is 6. The Morgan fingerprint density at radius 3 is 2.54 bits per heavy atom. The van der Waals surface area contributed by atoms with Crippen molar-refractivity contribution in [1.82, 2.24) is 19.9 Å². The second kappa shape index (κ2) is 7.36. The second-order valence-corrected chi connectivity index (χ2v) is 8.42. The number of benzene rings is 2. The van der Waals surface area contributed by atoms with E-state index in [1.807, 2.05) is 18.2 Å². The first kappa shape index (κ1) is 18.6. The molecular weight excluding hydrogens is 405 g/mol. The Labute approximate surface area is 163 Å². The van der Waals surface area contributed by atoms with Crippen LogP contribution >= 0.6 is 11.3 Å². The van der Waals surface area contributed by atoms with E-state index in [0.29, 0.717) is 12.3 Å². The monoisotopic (exact) mass is 419 g/mol. The Balaban J connectivity index is 1.52. The van der Waals surface area contributed by atoms with Crippen molar-refractivity contribution < 1.29 is 17.2 Å². The minimum Gasteiger partial charge on any atom is -0.423 e. The quantitative estimate of drug-likeness (QED) is 0.494. The maximum atomic E-state index is 13.1. The van der Waals surface area contributed by atoms with Crippen LogP contribution in [-0.2, 0) is 23.2 Å². The Kier molecular flexibility index (Phi) is 4.89. The van der Waals surface area contributed by atoms with Gasteiger partial charge < -0.3 is 4.42 Å². The van der Waals surface area contributed by atoms with Gasteiger partial charge in [-0.25, -0.2) is 14.5 Å². The molecule has 144 valence electrons. The molecule has 0 amide bonds. The van der Waals surface area contributed by atoms with Gasteiger partial charge in [0.1, 0.15) is 10.8 Å². The molecule has 0 aliphatic carbocycles. The van der Waals surface area contributed by atoms with E-state index in [1.165, 1.54) is 23.5 Å². The molecule has 0 unspecified atom stereocenters. The number of hydrogen-bond donors (Lipinski definition) is 2. The molecule has 0 aliphatic rings. The summed E-state index contributed by atoms with van der Waals surface area (Å²) >= 11 is 1.49. The van der Waals surface area contributed by atoms with E-state index >= 15 is 0 Å². The molecule has 4 aromatic rings. The first-order valence-corrected chi connectivity index (χ1v) is 10.5. The fourth-order valence-electron chi connectivity index (χ4n) is 2.59. The smallest absolute Gasteiger partial charge is 0.274 e. The molecule has 0 spiro atoms. The topological polar surface area (TPSA) is 124 Å². The van der Waals surface area contributed by atoms with Crippen LogP contribution in [0.15, 0.2) is 46.9 Å². The van der Waals surface area contributed by atoms with Crippen molar-refractivity contribution in [3.63, 3.8) is 0 Å². The van der Waals surface area contributed by atoms with E-state index in [0.717, 1.165) is 26.4 Å². The number of aromatic nitrogens is 3. The summed E-state index contributed by atoms with van der Waals surface area (Å²) in [5.74, 6) is 0.163. The van der Waals surface area contributed by atoms with Crippen molar-refractivity contribution in [2.24, 2.45) is 5.14 Å². The molecule has 0 radical (unpaired) electrons. The molecule has 8 nitrogen and oxygen atoms in total. The summed E-state index contributed by atoms with van der Waals surface area (Å²) in [7, 11) is -3.83. The van der Waals surface area contributed by atoms with E-state index < -0.39 is 10.2 Å². The number of thiazole rings is 1. The summed E-state index contributed by atoms with van der Waals surface area (Å²) in [5, 5.41) is 13.3. The summed E-state index contributed by atoms with van der Waals surface area (Å²) in [5.41, 5.74) is 2.72. The number of nitrogens with two attached hydrogens (primary N) is 1. The van der Waals surface area contributed by atoms with Crippen LogP contribution in [0.5, 0.6) is 0 Å². The average Bonchev–Trinajstić information content (AvgIpc) is 3.25. The lowest BCUT2D eigenvalue weighted by Gasteiger charge is -2.01. The highest BCUT2D eigenvalue weighted by Gasteiger charge is 2.13. The molecular formula is C17H14FN5O3S2. The lowest BCUT2D eigenvalue weighted by atomic mass is 10.1. The summed E-state index contributed by atoms with van der Waals surface area (Å²) < 4.78 is 43.4. The first-order chi connectivity index (χ1) is 13.4.